The molecule has 0 N–H and O–H groups in total. The van der Waals surface area contributed by atoms with Gasteiger partial charge in [-0.1, -0.05) is 149 Å². The number of aryl methyl sites for hydroxylation is 3. The third kappa shape index (κ3) is 11.0. The van der Waals surface area contributed by atoms with Crippen LogP contribution in [0, 0.1) is 27.7 Å². The topological polar surface area (TPSA) is 0 Å². The quantitative estimate of drug-likeness (QED) is 0.317. The van der Waals surface area contributed by atoms with E-state index in [1.54, 1.807) is 0 Å². The molecule has 0 saturated heterocycles. The van der Waals surface area contributed by atoms with Crippen LogP contribution in [0.5, 0.6) is 0 Å². The first-order valence-corrected chi connectivity index (χ1v) is 15.0. The zero-order chi connectivity index (χ0) is 30.3. The third-order valence-corrected chi connectivity index (χ3v) is 7.55. The molecule has 3 rings (SSSR count). The van der Waals surface area contributed by atoms with E-state index < -0.39 is 0 Å². The molecule has 0 aromatic heterocycles. The van der Waals surface area contributed by atoms with Gasteiger partial charge in [0, 0.05) is 0 Å². The predicted molar refractivity (Wildman–Crippen MR) is 178 cm³/mol. The van der Waals surface area contributed by atoms with Gasteiger partial charge in [-0.25, -0.2) is 0 Å². The zero-order valence-electron chi connectivity index (χ0n) is 28.4. The van der Waals surface area contributed by atoms with Gasteiger partial charge in [-0.05, 0) is 95.2 Å². The average Bonchev–Trinajstić information content (AvgIpc) is 2.80. The lowest BCUT2D eigenvalue weighted by Gasteiger charge is -2.26. The molecule has 3 aromatic carbocycles. The molecule has 0 spiro atoms. The maximum Gasteiger partial charge on any atom is -0.0129 e. The second-order valence-corrected chi connectivity index (χ2v) is 14.5. The van der Waals surface area contributed by atoms with Gasteiger partial charge in [-0.2, -0.15) is 0 Å². The van der Waals surface area contributed by atoms with Crippen LogP contribution < -0.4 is 0 Å². The molecule has 0 aliphatic heterocycles. The van der Waals surface area contributed by atoms with Crippen LogP contribution in [0.4, 0.5) is 0 Å². The highest BCUT2D eigenvalue weighted by Gasteiger charge is 2.20. The van der Waals surface area contributed by atoms with Gasteiger partial charge in [0.1, 0.15) is 0 Å². The van der Waals surface area contributed by atoms with E-state index in [9.17, 15) is 0 Å². The summed E-state index contributed by atoms with van der Waals surface area (Å²) in [6, 6.07) is 20.2. The van der Waals surface area contributed by atoms with Crippen molar-refractivity contribution in [2.24, 2.45) is 0 Å². The second-order valence-electron chi connectivity index (χ2n) is 14.5. The molecule has 0 atom stereocenters. The Balaban J connectivity index is 0.000000308. The van der Waals surface area contributed by atoms with Crippen LogP contribution in [0.1, 0.15) is 151 Å². The van der Waals surface area contributed by atoms with Crippen LogP contribution in [-0.4, -0.2) is 0 Å². The van der Waals surface area contributed by atoms with E-state index in [-0.39, 0.29) is 10.8 Å². The lowest BCUT2D eigenvalue weighted by Crippen LogP contribution is -2.17. The van der Waals surface area contributed by atoms with Crippen molar-refractivity contribution in [3.63, 3.8) is 0 Å². The van der Waals surface area contributed by atoms with Gasteiger partial charge in [0.25, 0.3) is 0 Å². The summed E-state index contributed by atoms with van der Waals surface area (Å²) < 4.78 is 0. The smallest absolute Gasteiger partial charge is 0.0129 e. The molecule has 0 bridgehead atoms. The first-order chi connectivity index (χ1) is 17.7. The SMILES string of the molecule is Cc1c(C(C)C)cc(C(C)C)cc1C(C)C.Cc1ccc(C(C)(C)C)cc1C(C)(C)C.Cc1ccc(C)cc1. The summed E-state index contributed by atoms with van der Waals surface area (Å²) in [6.07, 6.45) is 0. The first-order valence-electron chi connectivity index (χ1n) is 15.0. The highest BCUT2D eigenvalue weighted by Crippen LogP contribution is 2.32. The molecule has 0 nitrogen and oxygen atoms in total. The Labute approximate surface area is 243 Å². The molecule has 0 amide bonds. The van der Waals surface area contributed by atoms with Crippen molar-refractivity contribution in [1.29, 1.82) is 0 Å². The molecule has 0 aliphatic rings. The van der Waals surface area contributed by atoms with Crippen molar-refractivity contribution in [3.8, 4) is 0 Å². The fourth-order valence-corrected chi connectivity index (χ4v) is 4.85. The lowest BCUT2D eigenvalue weighted by atomic mass is 9.79. The second kappa shape index (κ2) is 14.3. The molecular formula is C39H60. The van der Waals surface area contributed by atoms with Gasteiger partial charge in [0.15, 0.2) is 0 Å². The van der Waals surface area contributed by atoms with Crippen LogP contribution in [0.15, 0.2) is 54.6 Å². The summed E-state index contributed by atoms with van der Waals surface area (Å²) in [4.78, 5) is 0. The highest BCUT2D eigenvalue weighted by molar-refractivity contribution is 5.42. The van der Waals surface area contributed by atoms with Gasteiger partial charge < -0.3 is 0 Å². The minimum atomic E-state index is 0.241. The first kappa shape index (κ1) is 34.7. The number of hydrogen-bond acceptors (Lipinski definition) is 0. The van der Waals surface area contributed by atoms with Gasteiger partial charge in [-0.3, -0.25) is 0 Å². The third-order valence-electron chi connectivity index (χ3n) is 7.55. The average molecular weight is 529 g/mol. The zero-order valence-corrected chi connectivity index (χ0v) is 28.4. The standard InChI is InChI=1S/C16H26.C15H24.C8H10/c1-10(2)14-8-15(11(3)4)13(7)16(9-14)12(5)6;1-11-8-9-12(14(2,3)4)10-13(11)15(5,6)7;1-7-3-5-8(2)6-4-7/h8-12H,1-7H3;8-10H,1-7H3;3-6H,1-2H3. The van der Waals surface area contributed by atoms with Crippen LogP contribution in [0.3, 0.4) is 0 Å². The van der Waals surface area contributed by atoms with Crippen molar-refractivity contribution in [1.82, 2.24) is 0 Å². The molecule has 0 fully saturated rings. The number of rotatable bonds is 3. The van der Waals surface area contributed by atoms with E-state index in [2.05, 4.69) is 165 Å². The van der Waals surface area contributed by atoms with Crippen molar-refractivity contribution in [3.05, 3.63) is 105 Å². The highest BCUT2D eigenvalue weighted by atomic mass is 14.2. The fourth-order valence-electron chi connectivity index (χ4n) is 4.85. The summed E-state index contributed by atoms with van der Waals surface area (Å²) in [5, 5.41) is 0. The normalized spacial score (nSPS) is 11.8. The van der Waals surface area contributed by atoms with Crippen molar-refractivity contribution in [2.75, 3.05) is 0 Å². The summed E-state index contributed by atoms with van der Waals surface area (Å²) in [6.45, 7) is 36.0. The Morgan fingerprint density at radius 3 is 1.21 bits per heavy atom. The molecule has 0 saturated carbocycles. The summed E-state index contributed by atoms with van der Waals surface area (Å²) in [5.41, 5.74) is 13.5. The van der Waals surface area contributed by atoms with Gasteiger partial charge in [0.2, 0.25) is 0 Å². The predicted octanol–water partition coefficient (Wildman–Crippen LogP) is 12.3. The van der Waals surface area contributed by atoms with Crippen LogP contribution in [0.2, 0.25) is 0 Å². The molecule has 0 heteroatoms. The summed E-state index contributed by atoms with van der Waals surface area (Å²) in [7, 11) is 0. The maximum absolute atomic E-state index is 2.40. The van der Waals surface area contributed by atoms with E-state index in [0.717, 1.165) is 0 Å². The fraction of sp³-hybridized carbons (Fsp3) is 0.538. The van der Waals surface area contributed by atoms with Gasteiger partial charge in [-0.15, -0.1) is 0 Å². The molecular weight excluding hydrogens is 468 g/mol. The summed E-state index contributed by atoms with van der Waals surface area (Å²) in [5.74, 6) is 1.86. The Morgan fingerprint density at radius 2 is 0.897 bits per heavy atom. The molecule has 0 unspecified atom stereocenters. The Kier molecular flexibility index (Phi) is 12.8. The molecule has 0 aliphatic carbocycles. The molecule has 0 heterocycles. The van der Waals surface area contributed by atoms with Crippen LogP contribution in [-0.2, 0) is 10.8 Å². The molecule has 216 valence electrons. The molecule has 3 aromatic rings. The van der Waals surface area contributed by atoms with Gasteiger partial charge >= 0.3 is 0 Å². The minimum Gasteiger partial charge on any atom is -0.0591 e. The minimum absolute atomic E-state index is 0.241. The molecule has 39 heavy (non-hydrogen) atoms. The number of benzene rings is 3. The van der Waals surface area contributed by atoms with Gasteiger partial charge in [0.05, 0.1) is 0 Å². The Hall–Kier alpha value is -2.34. The van der Waals surface area contributed by atoms with E-state index in [0.29, 0.717) is 17.8 Å². The molecule has 0 radical (unpaired) electrons. The lowest BCUT2D eigenvalue weighted by molar-refractivity contribution is 0.566. The Bertz CT molecular complexity index is 1110. The van der Waals surface area contributed by atoms with E-state index in [1.807, 2.05) is 0 Å². The van der Waals surface area contributed by atoms with Crippen molar-refractivity contribution in [2.45, 2.75) is 139 Å². The monoisotopic (exact) mass is 528 g/mol. The van der Waals surface area contributed by atoms with E-state index >= 15 is 0 Å². The summed E-state index contributed by atoms with van der Waals surface area (Å²) >= 11 is 0. The number of hydrogen-bond donors (Lipinski definition) is 0. The van der Waals surface area contributed by atoms with Crippen molar-refractivity contribution < 1.29 is 0 Å². The Morgan fingerprint density at radius 1 is 0.487 bits per heavy atom. The van der Waals surface area contributed by atoms with E-state index in [4.69, 9.17) is 0 Å². The van der Waals surface area contributed by atoms with E-state index in [1.165, 1.54) is 50.1 Å². The van der Waals surface area contributed by atoms with Crippen LogP contribution in [0.25, 0.3) is 0 Å². The largest absolute Gasteiger partial charge is 0.0591 e. The van der Waals surface area contributed by atoms with Crippen LogP contribution >= 0.6 is 0 Å². The maximum atomic E-state index is 2.40. The van der Waals surface area contributed by atoms with Crippen molar-refractivity contribution >= 4 is 0 Å².